The van der Waals surface area contributed by atoms with Gasteiger partial charge < -0.3 is 19.9 Å². The van der Waals surface area contributed by atoms with Crippen LogP contribution in [0.2, 0.25) is 0 Å². The number of carbonyl (C=O) groups is 2. The maximum atomic E-state index is 14.1. The van der Waals surface area contributed by atoms with Gasteiger partial charge in [0.05, 0.1) is 5.69 Å². The summed E-state index contributed by atoms with van der Waals surface area (Å²) < 4.78 is 19.2. The first-order chi connectivity index (χ1) is 13.7. The van der Waals surface area contributed by atoms with Gasteiger partial charge in [-0.05, 0) is 51.8 Å². The Morgan fingerprint density at radius 1 is 1.31 bits per heavy atom. The van der Waals surface area contributed by atoms with Crippen LogP contribution in [0.3, 0.4) is 0 Å². The van der Waals surface area contributed by atoms with Crippen LogP contribution in [0.4, 0.5) is 25.4 Å². The molecule has 0 saturated carbocycles. The molecule has 1 fully saturated rings. The molecule has 2 aromatic rings. The van der Waals surface area contributed by atoms with Crippen molar-refractivity contribution < 1.29 is 18.7 Å². The van der Waals surface area contributed by atoms with Crippen molar-refractivity contribution in [2.24, 2.45) is 0 Å². The summed E-state index contributed by atoms with van der Waals surface area (Å²) in [5.41, 5.74) is -0.391. The summed E-state index contributed by atoms with van der Waals surface area (Å²) in [5.74, 6) is 0.403. The van der Waals surface area contributed by atoms with Crippen LogP contribution in [0.15, 0.2) is 30.6 Å². The third kappa shape index (κ3) is 5.69. The molecule has 3 amide bonds. The molecule has 1 atom stereocenters. The maximum absolute atomic E-state index is 14.1. The number of piperidine rings is 1. The van der Waals surface area contributed by atoms with E-state index in [1.54, 1.807) is 38.1 Å². The fourth-order valence-electron chi connectivity index (χ4n) is 3.20. The molecule has 1 aliphatic rings. The number of aromatic nitrogens is 2. The number of benzene rings is 1. The molecule has 29 heavy (non-hydrogen) atoms. The first kappa shape index (κ1) is 20.6. The lowest BCUT2D eigenvalue weighted by Crippen LogP contribution is -2.41. The second-order valence-corrected chi connectivity index (χ2v) is 8.01. The van der Waals surface area contributed by atoms with E-state index >= 15 is 0 Å². The van der Waals surface area contributed by atoms with E-state index in [1.165, 1.54) is 18.2 Å². The summed E-state index contributed by atoms with van der Waals surface area (Å²) in [6, 6.07) is 3.72. The van der Waals surface area contributed by atoms with Crippen LogP contribution in [0.1, 0.15) is 45.4 Å². The van der Waals surface area contributed by atoms with E-state index in [2.05, 4.69) is 20.6 Å². The number of hydrogen-bond acceptors (Lipinski definition) is 4. The summed E-state index contributed by atoms with van der Waals surface area (Å²) in [5, 5.41) is 5.14. The van der Waals surface area contributed by atoms with Gasteiger partial charge in [-0.2, -0.15) is 0 Å². The molecule has 0 spiro atoms. The number of hydrogen-bond donors (Lipinski definition) is 3. The number of nitrogens with one attached hydrogen (secondary N) is 3. The minimum Gasteiger partial charge on any atom is -0.444 e. The molecular formula is C20H26FN5O3. The SMILES string of the molecule is CC(C)(C)OC(=O)Nc1cc(NC(=O)N2CCCC(c3ncc[nH]3)C2)ccc1F. The molecule has 0 bridgehead atoms. The topological polar surface area (TPSA) is 99.3 Å². The monoisotopic (exact) mass is 403 g/mol. The smallest absolute Gasteiger partial charge is 0.412 e. The molecule has 1 aliphatic heterocycles. The third-order valence-corrected chi connectivity index (χ3v) is 4.47. The summed E-state index contributed by atoms with van der Waals surface area (Å²) >= 11 is 0. The highest BCUT2D eigenvalue weighted by atomic mass is 19.1. The van der Waals surface area contributed by atoms with Crippen molar-refractivity contribution in [1.82, 2.24) is 14.9 Å². The van der Waals surface area contributed by atoms with Gasteiger partial charge >= 0.3 is 12.1 Å². The van der Waals surface area contributed by atoms with Gasteiger partial charge in [0, 0.05) is 37.1 Å². The predicted octanol–water partition coefficient (Wildman–Crippen LogP) is 4.31. The van der Waals surface area contributed by atoms with Crippen molar-refractivity contribution in [3.8, 4) is 0 Å². The minimum absolute atomic E-state index is 0.0656. The number of ether oxygens (including phenoxy) is 1. The molecule has 0 radical (unpaired) electrons. The van der Waals surface area contributed by atoms with Gasteiger partial charge in [0.25, 0.3) is 0 Å². The molecule has 1 unspecified atom stereocenters. The Balaban J connectivity index is 1.63. The molecule has 156 valence electrons. The van der Waals surface area contributed by atoms with Crippen LogP contribution < -0.4 is 10.6 Å². The maximum Gasteiger partial charge on any atom is 0.412 e. The van der Waals surface area contributed by atoms with E-state index < -0.39 is 17.5 Å². The van der Waals surface area contributed by atoms with Gasteiger partial charge in [-0.25, -0.2) is 19.0 Å². The van der Waals surface area contributed by atoms with Gasteiger partial charge in [-0.1, -0.05) is 0 Å². The summed E-state index contributed by atoms with van der Waals surface area (Å²) in [6.45, 7) is 6.33. The van der Waals surface area contributed by atoms with Crippen LogP contribution in [0.25, 0.3) is 0 Å². The van der Waals surface area contributed by atoms with E-state index in [-0.39, 0.29) is 17.6 Å². The fourth-order valence-corrected chi connectivity index (χ4v) is 3.20. The molecule has 0 aliphatic carbocycles. The van der Waals surface area contributed by atoms with Crippen molar-refractivity contribution >= 4 is 23.5 Å². The molecule has 1 saturated heterocycles. The number of imidazole rings is 1. The zero-order chi connectivity index (χ0) is 21.0. The van der Waals surface area contributed by atoms with Gasteiger partial charge in [-0.3, -0.25) is 5.32 Å². The first-order valence-corrected chi connectivity index (χ1v) is 9.56. The van der Waals surface area contributed by atoms with Crippen molar-refractivity contribution in [2.75, 3.05) is 23.7 Å². The molecular weight excluding hydrogens is 377 g/mol. The number of urea groups is 1. The Kier molecular flexibility index (Phi) is 6.05. The van der Waals surface area contributed by atoms with Crippen LogP contribution >= 0.6 is 0 Å². The number of nitrogens with zero attached hydrogens (tertiary/aromatic N) is 2. The quantitative estimate of drug-likeness (QED) is 0.711. The van der Waals surface area contributed by atoms with Gasteiger partial charge in [-0.15, -0.1) is 0 Å². The number of amides is 3. The molecule has 9 heteroatoms. The molecule has 3 rings (SSSR count). The standard InChI is InChI=1S/C20H26FN5O3/c1-20(2,3)29-19(28)25-16-11-14(6-7-15(16)21)24-18(27)26-10-4-5-13(12-26)17-22-8-9-23-17/h6-9,11,13H,4-5,10,12H2,1-3H3,(H,22,23)(H,24,27)(H,25,28). The molecule has 2 heterocycles. The van der Waals surface area contributed by atoms with E-state index in [9.17, 15) is 14.0 Å². The van der Waals surface area contributed by atoms with Crippen molar-refractivity contribution in [3.63, 3.8) is 0 Å². The highest BCUT2D eigenvalue weighted by Gasteiger charge is 2.26. The average molecular weight is 403 g/mol. The lowest BCUT2D eigenvalue weighted by Gasteiger charge is -2.31. The fraction of sp³-hybridized carbons (Fsp3) is 0.450. The summed E-state index contributed by atoms with van der Waals surface area (Å²) in [6.07, 6.45) is 4.53. The number of likely N-dealkylation sites (tertiary alicyclic amines) is 1. The summed E-state index contributed by atoms with van der Waals surface area (Å²) in [7, 11) is 0. The normalized spacial score (nSPS) is 17.0. The number of halogens is 1. The third-order valence-electron chi connectivity index (χ3n) is 4.47. The number of H-pyrrole nitrogens is 1. The van der Waals surface area contributed by atoms with Gasteiger partial charge in [0.1, 0.15) is 17.2 Å². The lowest BCUT2D eigenvalue weighted by molar-refractivity contribution is 0.0635. The molecule has 8 nitrogen and oxygen atoms in total. The van der Waals surface area contributed by atoms with Crippen LogP contribution in [0, 0.1) is 5.82 Å². The van der Waals surface area contributed by atoms with Crippen molar-refractivity contribution in [2.45, 2.75) is 45.1 Å². The Morgan fingerprint density at radius 3 is 2.79 bits per heavy atom. The van der Waals surface area contributed by atoms with Crippen molar-refractivity contribution in [1.29, 1.82) is 0 Å². The van der Waals surface area contributed by atoms with Gasteiger partial charge in [0.15, 0.2) is 0 Å². The Labute approximate surface area is 168 Å². The average Bonchev–Trinajstić information content (AvgIpc) is 3.18. The van der Waals surface area contributed by atoms with Crippen molar-refractivity contribution in [3.05, 3.63) is 42.2 Å². The number of aromatic amines is 1. The second-order valence-electron chi connectivity index (χ2n) is 8.01. The predicted molar refractivity (Wildman–Crippen MR) is 107 cm³/mol. The number of anilines is 2. The second kappa shape index (κ2) is 8.50. The van der Waals surface area contributed by atoms with Crippen LogP contribution in [0.5, 0.6) is 0 Å². The number of rotatable bonds is 3. The zero-order valence-corrected chi connectivity index (χ0v) is 16.8. The Hall–Kier alpha value is -3.10. The van der Waals surface area contributed by atoms with Crippen LogP contribution in [-0.2, 0) is 4.74 Å². The molecule has 3 N–H and O–H groups in total. The van der Waals surface area contributed by atoms with Gasteiger partial charge in [0.2, 0.25) is 0 Å². The highest BCUT2D eigenvalue weighted by molar-refractivity contribution is 5.91. The number of carbonyl (C=O) groups excluding carboxylic acids is 2. The first-order valence-electron chi connectivity index (χ1n) is 9.56. The highest BCUT2D eigenvalue weighted by Crippen LogP contribution is 2.26. The van der Waals surface area contributed by atoms with E-state index in [0.29, 0.717) is 18.8 Å². The molecule has 1 aromatic carbocycles. The summed E-state index contributed by atoms with van der Waals surface area (Å²) in [4.78, 5) is 33.7. The van der Waals surface area contributed by atoms with E-state index in [1.807, 2.05) is 0 Å². The van der Waals surface area contributed by atoms with E-state index in [0.717, 1.165) is 18.7 Å². The minimum atomic E-state index is -0.766. The zero-order valence-electron chi connectivity index (χ0n) is 16.8. The Morgan fingerprint density at radius 2 is 2.10 bits per heavy atom. The molecule has 1 aromatic heterocycles. The van der Waals surface area contributed by atoms with Crippen LogP contribution in [-0.4, -0.2) is 45.7 Å². The Bertz CT molecular complexity index is 863. The van der Waals surface area contributed by atoms with E-state index in [4.69, 9.17) is 4.74 Å². The largest absolute Gasteiger partial charge is 0.444 e. The lowest BCUT2D eigenvalue weighted by atomic mass is 9.98.